The molecule has 2 aromatic rings. The SMILES string of the molecule is COc1cccc(NC(=O)CN(C)CCCOc2ccccc2)c1. The Morgan fingerprint density at radius 3 is 2.58 bits per heavy atom. The Balaban J connectivity index is 1.66. The largest absolute Gasteiger partial charge is 0.497 e. The zero-order valence-corrected chi connectivity index (χ0v) is 14.2. The first kappa shape index (κ1) is 17.8. The van der Waals surface area contributed by atoms with Gasteiger partial charge in [0.2, 0.25) is 5.91 Å². The fourth-order valence-corrected chi connectivity index (χ4v) is 2.27. The Morgan fingerprint density at radius 1 is 1.08 bits per heavy atom. The maximum absolute atomic E-state index is 12.1. The van der Waals surface area contributed by atoms with E-state index in [-0.39, 0.29) is 5.91 Å². The van der Waals surface area contributed by atoms with Crippen LogP contribution in [0.4, 0.5) is 5.69 Å². The monoisotopic (exact) mass is 328 g/mol. The number of benzene rings is 2. The van der Waals surface area contributed by atoms with E-state index in [0.29, 0.717) is 13.2 Å². The third kappa shape index (κ3) is 6.30. The van der Waals surface area contributed by atoms with Gasteiger partial charge in [0.1, 0.15) is 11.5 Å². The van der Waals surface area contributed by atoms with Crippen LogP contribution in [0.25, 0.3) is 0 Å². The molecule has 128 valence electrons. The van der Waals surface area contributed by atoms with Crippen LogP contribution in [0.1, 0.15) is 6.42 Å². The van der Waals surface area contributed by atoms with Gasteiger partial charge in [-0.2, -0.15) is 0 Å². The number of para-hydroxylation sites is 1. The highest BCUT2D eigenvalue weighted by molar-refractivity contribution is 5.92. The van der Waals surface area contributed by atoms with Crippen molar-refractivity contribution in [2.45, 2.75) is 6.42 Å². The highest BCUT2D eigenvalue weighted by Gasteiger charge is 2.07. The molecular weight excluding hydrogens is 304 g/mol. The average Bonchev–Trinajstić information content (AvgIpc) is 2.59. The number of nitrogens with one attached hydrogen (secondary N) is 1. The van der Waals surface area contributed by atoms with Crippen LogP contribution >= 0.6 is 0 Å². The lowest BCUT2D eigenvalue weighted by Gasteiger charge is -2.16. The lowest BCUT2D eigenvalue weighted by molar-refractivity contribution is -0.117. The summed E-state index contributed by atoms with van der Waals surface area (Å²) in [6.07, 6.45) is 0.859. The fourth-order valence-electron chi connectivity index (χ4n) is 2.27. The van der Waals surface area contributed by atoms with E-state index in [1.807, 2.05) is 60.5 Å². The number of ether oxygens (including phenoxy) is 2. The zero-order valence-electron chi connectivity index (χ0n) is 14.2. The van der Waals surface area contributed by atoms with E-state index in [0.717, 1.165) is 30.2 Å². The average molecular weight is 328 g/mol. The molecule has 1 amide bonds. The van der Waals surface area contributed by atoms with E-state index in [9.17, 15) is 4.79 Å². The highest BCUT2D eigenvalue weighted by atomic mass is 16.5. The van der Waals surface area contributed by atoms with Crippen molar-refractivity contribution in [1.29, 1.82) is 0 Å². The van der Waals surface area contributed by atoms with Crippen LogP contribution in [0.2, 0.25) is 0 Å². The van der Waals surface area contributed by atoms with E-state index in [4.69, 9.17) is 9.47 Å². The predicted octanol–water partition coefficient (Wildman–Crippen LogP) is 3.03. The number of hydrogen-bond acceptors (Lipinski definition) is 4. The molecule has 0 saturated carbocycles. The Bertz CT molecular complexity index is 632. The van der Waals surface area contributed by atoms with Crippen LogP contribution in [-0.4, -0.2) is 44.7 Å². The molecule has 0 heterocycles. The number of hydrogen-bond donors (Lipinski definition) is 1. The topological polar surface area (TPSA) is 50.8 Å². The van der Waals surface area contributed by atoms with Gasteiger partial charge < -0.3 is 14.8 Å². The van der Waals surface area contributed by atoms with Crippen molar-refractivity contribution < 1.29 is 14.3 Å². The molecule has 0 spiro atoms. The van der Waals surface area contributed by atoms with Gasteiger partial charge in [-0.25, -0.2) is 0 Å². The molecule has 0 fully saturated rings. The minimum Gasteiger partial charge on any atom is -0.497 e. The van der Waals surface area contributed by atoms with Gasteiger partial charge in [0.05, 0.1) is 20.3 Å². The van der Waals surface area contributed by atoms with E-state index >= 15 is 0 Å². The Morgan fingerprint density at radius 2 is 1.83 bits per heavy atom. The maximum atomic E-state index is 12.1. The van der Waals surface area contributed by atoms with Crippen LogP contribution < -0.4 is 14.8 Å². The minimum absolute atomic E-state index is 0.0465. The van der Waals surface area contributed by atoms with Gasteiger partial charge in [-0.3, -0.25) is 9.69 Å². The van der Waals surface area contributed by atoms with Crippen molar-refractivity contribution >= 4 is 11.6 Å². The van der Waals surface area contributed by atoms with Gasteiger partial charge in [-0.15, -0.1) is 0 Å². The summed E-state index contributed by atoms with van der Waals surface area (Å²) in [5.41, 5.74) is 0.736. The van der Waals surface area contributed by atoms with Crippen LogP contribution in [-0.2, 0) is 4.79 Å². The number of methoxy groups -OCH3 is 1. The second-order valence-corrected chi connectivity index (χ2v) is 5.53. The lowest BCUT2D eigenvalue weighted by Crippen LogP contribution is -2.31. The summed E-state index contributed by atoms with van der Waals surface area (Å²) in [4.78, 5) is 14.0. The summed E-state index contributed by atoms with van der Waals surface area (Å²) in [7, 11) is 3.53. The molecule has 24 heavy (non-hydrogen) atoms. The second kappa shape index (κ2) is 9.57. The fraction of sp³-hybridized carbons (Fsp3) is 0.316. The molecule has 0 aromatic heterocycles. The quantitative estimate of drug-likeness (QED) is 0.719. The second-order valence-electron chi connectivity index (χ2n) is 5.53. The van der Waals surface area contributed by atoms with Gasteiger partial charge in [-0.1, -0.05) is 24.3 Å². The smallest absolute Gasteiger partial charge is 0.238 e. The number of likely N-dealkylation sites (N-methyl/N-ethyl adjacent to an activating group) is 1. The van der Waals surface area contributed by atoms with Crippen molar-refractivity contribution in [3.63, 3.8) is 0 Å². The molecule has 0 radical (unpaired) electrons. The molecule has 0 bridgehead atoms. The first-order chi connectivity index (χ1) is 11.7. The molecule has 1 N–H and O–H groups in total. The first-order valence-electron chi connectivity index (χ1n) is 7.97. The van der Waals surface area contributed by atoms with Gasteiger partial charge >= 0.3 is 0 Å². The number of carbonyl (C=O) groups excluding carboxylic acids is 1. The van der Waals surface area contributed by atoms with Crippen LogP contribution in [0, 0.1) is 0 Å². The number of amides is 1. The molecule has 0 aliphatic rings. The molecule has 5 nitrogen and oxygen atoms in total. The molecule has 0 aliphatic carbocycles. The zero-order chi connectivity index (χ0) is 17.2. The van der Waals surface area contributed by atoms with Crippen molar-refractivity contribution in [3.8, 4) is 11.5 Å². The third-order valence-electron chi connectivity index (χ3n) is 3.46. The lowest BCUT2D eigenvalue weighted by atomic mass is 10.3. The normalized spacial score (nSPS) is 10.5. The molecular formula is C19H24N2O3. The predicted molar refractivity (Wildman–Crippen MR) is 95.7 cm³/mol. The summed E-state index contributed by atoms with van der Waals surface area (Å²) >= 11 is 0. The van der Waals surface area contributed by atoms with Crippen molar-refractivity contribution in [2.24, 2.45) is 0 Å². The van der Waals surface area contributed by atoms with E-state index in [1.54, 1.807) is 13.2 Å². The van der Waals surface area contributed by atoms with Crippen molar-refractivity contribution in [3.05, 3.63) is 54.6 Å². The van der Waals surface area contributed by atoms with Gasteiger partial charge in [0.15, 0.2) is 0 Å². The van der Waals surface area contributed by atoms with Gasteiger partial charge in [0.25, 0.3) is 0 Å². The highest BCUT2D eigenvalue weighted by Crippen LogP contribution is 2.16. The molecule has 0 unspecified atom stereocenters. The Labute approximate surface area is 143 Å². The van der Waals surface area contributed by atoms with Crippen molar-refractivity contribution in [1.82, 2.24) is 4.90 Å². The number of nitrogens with zero attached hydrogens (tertiary/aromatic N) is 1. The van der Waals surface area contributed by atoms with E-state index in [1.165, 1.54) is 0 Å². The number of anilines is 1. The summed E-state index contributed by atoms with van der Waals surface area (Å²) < 4.78 is 10.8. The molecule has 0 atom stereocenters. The van der Waals surface area contributed by atoms with E-state index < -0.39 is 0 Å². The van der Waals surface area contributed by atoms with Crippen molar-refractivity contribution in [2.75, 3.05) is 39.2 Å². The molecule has 2 rings (SSSR count). The summed E-state index contributed by atoms with van der Waals surface area (Å²) in [6.45, 7) is 1.76. The molecule has 0 saturated heterocycles. The first-order valence-corrected chi connectivity index (χ1v) is 7.97. The summed E-state index contributed by atoms with van der Waals surface area (Å²) in [5.74, 6) is 1.55. The Kier molecular flexibility index (Phi) is 7.11. The maximum Gasteiger partial charge on any atom is 0.238 e. The van der Waals surface area contributed by atoms with Gasteiger partial charge in [0, 0.05) is 18.3 Å². The molecule has 2 aromatic carbocycles. The summed E-state index contributed by atoms with van der Waals surface area (Å²) in [6, 6.07) is 17.1. The standard InChI is InChI=1S/C19H24N2O3/c1-21(12-7-13-24-17-9-4-3-5-10-17)15-19(22)20-16-8-6-11-18(14-16)23-2/h3-6,8-11,14H,7,12-13,15H2,1-2H3,(H,20,22). The minimum atomic E-state index is -0.0465. The van der Waals surface area contributed by atoms with E-state index in [2.05, 4.69) is 5.32 Å². The van der Waals surface area contributed by atoms with Crippen LogP contribution in [0.3, 0.4) is 0 Å². The molecule has 5 heteroatoms. The van der Waals surface area contributed by atoms with Gasteiger partial charge in [-0.05, 0) is 37.7 Å². The number of carbonyl (C=O) groups is 1. The third-order valence-corrected chi connectivity index (χ3v) is 3.46. The number of rotatable bonds is 9. The van der Waals surface area contributed by atoms with Crippen LogP contribution in [0.15, 0.2) is 54.6 Å². The summed E-state index contributed by atoms with van der Waals surface area (Å²) in [5, 5.41) is 2.87. The molecule has 0 aliphatic heterocycles. The Hall–Kier alpha value is -2.53. The van der Waals surface area contributed by atoms with Crippen LogP contribution in [0.5, 0.6) is 11.5 Å².